The number of carbonyl (C=O) groups excluding carboxylic acids is 1. The lowest BCUT2D eigenvalue weighted by Crippen LogP contribution is -2.45. The highest BCUT2D eigenvalue weighted by Crippen LogP contribution is 2.25. The number of benzene rings is 1. The molecule has 1 aliphatic carbocycles. The van der Waals surface area contributed by atoms with Crippen LogP contribution in [0, 0.1) is 0 Å². The van der Waals surface area contributed by atoms with Crippen LogP contribution in [0.25, 0.3) is 0 Å². The molecule has 0 saturated carbocycles. The highest BCUT2D eigenvalue weighted by molar-refractivity contribution is 7.91. The van der Waals surface area contributed by atoms with Gasteiger partial charge in [-0.3, -0.25) is 0 Å². The van der Waals surface area contributed by atoms with E-state index >= 15 is 0 Å². The minimum absolute atomic E-state index is 0.0581. The van der Waals surface area contributed by atoms with Crippen molar-refractivity contribution in [3.8, 4) is 5.75 Å². The second-order valence-corrected chi connectivity index (χ2v) is 9.11. The largest absolute Gasteiger partial charge is 0.492 e. The summed E-state index contributed by atoms with van der Waals surface area (Å²) in [6, 6.07) is 5.74. The molecular weight excluding hydrogens is 340 g/mol. The first-order valence-electron chi connectivity index (χ1n) is 8.90. The molecule has 1 unspecified atom stereocenters. The van der Waals surface area contributed by atoms with E-state index < -0.39 is 9.84 Å². The molecule has 3 rings (SSSR count). The van der Waals surface area contributed by atoms with E-state index in [1.165, 1.54) is 28.9 Å². The summed E-state index contributed by atoms with van der Waals surface area (Å²) in [5.74, 6) is 1.06. The molecule has 1 aromatic carbocycles. The number of aryl methyl sites for hydroxylation is 2. The molecule has 6 nitrogen and oxygen atoms in total. The van der Waals surface area contributed by atoms with Gasteiger partial charge in [-0.2, -0.15) is 0 Å². The van der Waals surface area contributed by atoms with Gasteiger partial charge in [0.15, 0.2) is 9.84 Å². The predicted molar refractivity (Wildman–Crippen MR) is 96.8 cm³/mol. The van der Waals surface area contributed by atoms with Crippen LogP contribution in [0.3, 0.4) is 0 Å². The van der Waals surface area contributed by atoms with Crippen molar-refractivity contribution >= 4 is 15.9 Å². The number of urea groups is 1. The number of fused-ring (bicyclic) bond motifs is 1. The number of carbonyl (C=O) groups is 1. The molecule has 1 fully saturated rings. The third kappa shape index (κ3) is 4.66. The summed E-state index contributed by atoms with van der Waals surface area (Å²) in [6.07, 6.45) is 5.26. The Labute approximate surface area is 149 Å². The van der Waals surface area contributed by atoms with Gasteiger partial charge >= 0.3 is 6.03 Å². The van der Waals surface area contributed by atoms with Crippen molar-refractivity contribution in [2.75, 3.05) is 31.7 Å². The second kappa shape index (κ2) is 7.64. The first-order valence-corrected chi connectivity index (χ1v) is 10.7. The Hall–Kier alpha value is -1.76. The number of hydrogen-bond donors (Lipinski definition) is 1. The molecule has 138 valence electrons. The van der Waals surface area contributed by atoms with E-state index in [4.69, 9.17) is 4.74 Å². The van der Waals surface area contributed by atoms with Crippen LogP contribution in [0.15, 0.2) is 18.2 Å². The topological polar surface area (TPSA) is 75.7 Å². The Morgan fingerprint density at radius 2 is 2.04 bits per heavy atom. The van der Waals surface area contributed by atoms with Gasteiger partial charge in [0.1, 0.15) is 12.4 Å². The number of amides is 2. The normalized spacial score (nSPS) is 21.4. The SMILES string of the molecule is CN(C(=O)NCCOc1ccc2c(c1)CCCC2)C1CCS(=O)(=O)C1. The van der Waals surface area contributed by atoms with Crippen LogP contribution in [0.4, 0.5) is 4.79 Å². The van der Waals surface area contributed by atoms with E-state index in [0.29, 0.717) is 19.6 Å². The Morgan fingerprint density at radius 3 is 2.76 bits per heavy atom. The number of rotatable bonds is 5. The first-order chi connectivity index (χ1) is 11.9. The van der Waals surface area contributed by atoms with Gasteiger partial charge in [0.25, 0.3) is 0 Å². The Kier molecular flexibility index (Phi) is 5.51. The smallest absolute Gasteiger partial charge is 0.317 e. The van der Waals surface area contributed by atoms with E-state index in [1.54, 1.807) is 7.05 Å². The van der Waals surface area contributed by atoms with Crippen molar-refractivity contribution in [3.05, 3.63) is 29.3 Å². The molecule has 1 atom stereocenters. The fourth-order valence-electron chi connectivity index (χ4n) is 3.50. The maximum atomic E-state index is 12.1. The fraction of sp³-hybridized carbons (Fsp3) is 0.611. The van der Waals surface area contributed by atoms with Gasteiger partial charge in [-0.25, -0.2) is 13.2 Å². The molecule has 0 radical (unpaired) electrons. The summed E-state index contributed by atoms with van der Waals surface area (Å²) in [5.41, 5.74) is 2.79. The standard InChI is InChI=1S/C18H26N2O4S/c1-20(16-8-11-25(22,23)13-16)18(21)19-9-10-24-17-7-6-14-4-2-3-5-15(14)12-17/h6-7,12,16H,2-5,8-11,13H2,1H3,(H,19,21). The van der Waals surface area contributed by atoms with Crippen molar-refractivity contribution in [3.63, 3.8) is 0 Å². The van der Waals surface area contributed by atoms with Crippen molar-refractivity contribution in [1.82, 2.24) is 10.2 Å². The van der Waals surface area contributed by atoms with Crippen molar-refractivity contribution in [2.45, 2.75) is 38.1 Å². The van der Waals surface area contributed by atoms with Gasteiger partial charge in [-0.1, -0.05) is 6.07 Å². The molecule has 1 aromatic rings. The van der Waals surface area contributed by atoms with Gasteiger partial charge in [0.2, 0.25) is 0 Å². The van der Waals surface area contributed by atoms with E-state index in [1.807, 2.05) is 6.07 Å². The van der Waals surface area contributed by atoms with Crippen LogP contribution < -0.4 is 10.1 Å². The monoisotopic (exact) mass is 366 g/mol. The van der Waals surface area contributed by atoms with Crippen molar-refractivity contribution in [1.29, 1.82) is 0 Å². The molecule has 1 saturated heterocycles. The minimum Gasteiger partial charge on any atom is -0.492 e. The average molecular weight is 366 g/mol. The quantitative estimate of drug-likeness (QED) is 0.806. The molecule has 2 aliphatic rings. The Bertz CT molecular complexity index is 733. The second-order valence-electron chi connectivity index (χ2n) is 6.89. The third-order valence-corrected chi connectivity index (χ3v) is 6.79. The van der Waals surface area contributed by atoms with E-state index in [9.17, 15) is 13.2 Å². The molecule has 1 N–H and O–H groups in total. The van der Waals surface area contributed by atoms with Gasteiger partial charge in [0, 0.05) is 13.1 Å². The molecule has 1 aliphatic heterocycles. The van der Waals surface area contributed by atoms with Crippen LogP contribution >= 0.6 is 0 Å². The number of nitrogens with one attached hydrogen (secondary N) is 1. The van der Waals surface area contributed by atoms with Crippen LogP contribution in [0.1, 0.15) is 30.4 Å². The summed E-state index contributed by atoms with van der Waals surface area (Å²) < 4.78 is 28.7. The molecule has 1 heterocycles. The lowest BCUT2D eigenvalue weighted by molar-refractivity contribution is 0.192. The summed E-state index contributed by atoms with van der Waals surface area (Å²) in [5, 5.41) is 2.79. The van der Waals surface area contributed by atoms with Gasteiger partial charge in [-0.05, 0) is 55.4 Å². The summed E-state index contributed by atoms with van der Waals surface area (Å²) in [6.45, 7) is 0.779. The molecule has 2 amide bonds. The molecule has 0 bridgehead atoms. The Balaban J connectivity index is 1.41. The minimum atomic E-state index is -2.99. The van der Waals surface area contributed by atoms with Crippen LogP contribution in [0.5, 0.6) is 5.75 Å². The van der Waals surface area contributed by atoms with E-state index in [2.05, 4.69) is 17.4 Å². The molecular formula is C18H26N2O4S. The lowest BCUT2D eigenvalue weighted by Gasteiger charge is -2.23. The van der Waals surface area contributed by atoms with E-state index in [0.717, 1.165) is 18.6 Å². The maximum Gasteiger partial charge on any atom is 0.317 e. The Morgan fingerprint density at radius 1 is 1.28 bits per heavy atom. The van der Waals surface area contributed by atoms with Gasteiger partial charge < -0.3 is 15.0 Å². The van der Waals surface area contributed by atoms with Gasteiger partial charge in [-0.15, -0.1) is 0 Å². The predicted octanol–water partition coefficient (Wildman–Crippen LogP) is 1.77. The zero-order valence-electron chi connectivity index (χ0n) is 14.7. The van der Waals surface area contributed by atoms with Crippen LogP contribution in [0.2, 0.25) is 0 Å². The average Bonchev–Trinajstić information content (AvgIpc) is 2.97. The summed E-state index contributed by atoms with van der Waals surface area (Å²) >= 11 is 0. The number of hydrogen-bond acceptors (Lipinski definition) is 4. The fourth-order valence-corrected chi connectivity index (χ4v) is 5.27. The highest BCUT2D eigenvalue weighted by atomic mass is 32.2. The lowest BCUT2D eigenvalue weighted by atomic mass is 9.92. The first kappa shape index (κ1) is 18.0. The summed E-state index contributed by atoms with van der Waals surface area (Å²) in [4.78, 5) is 13.6. The number of nitrogens with zero attached hydrogens (tertiary/aromatic N) is 1. The molecule has 0 spiro atoms. The maximum absolute atomic E-state index is 12.1. The summed E-state index contributed by atoms with van der Waals surface area (Å²) in [7, 11) is -1.35. The third-order valence-electron chi connectivity index (χ3n) is 5.04. The highest BCUT2D eigenvalue weighted by Gasteiger charge is 2.32. The molecule has 7 heteroatoms. The van der Waals surface area contributed by atoms with E-state index in [-0.39, 0.29) is 23.6 Å². The zero-order chi connectivity index (χ0) is 17.9. The van der Waals surface area contributed by atoms with Crippen molar-refractivity contribution < 1.29 is 17.9 Å². The van der Waals surface area contributed by atoms with Gasteiger partial charge in [0.05, 0.1) is 18.1 Å². The van der Waals surface area contributed by atoms with Crippen molar-refractivity contribution in [2.24, 2.45) is 0 Å². The van der Waals surface area contributed by atoms with Crippen LogP contribution in [-0.2, 0) is 22.7 Å². The number of ether oxygens (including phenoxy) is 1. The molecule has 25 heavy (non-hydrogen) atoms. The molecule has 0 aromatic heterocycles. The number of sulfone groups is 1. The van der Waals surface area contributed by atoms with Crippen LogP contribution in [-0.4, -0.2) is 57.1 Å². The zero-order valence-corrected chi connectivity index (χ0v) is 15.5.